The van der Waals surface area contributed by atoms with Gasteiger partial charge in [-0.1, -0.05) is 0 Å². The molecule has 0 saturated carbocycles. The number of likely N-dealkylation sites (tertiary alicyclic amines) is 2. The third kappa shape index (κ3) is 3.42. The average molecular weight is 377 g/mol. The Kier molecular flexibility index (Phi) is 5.09. The Balaban J connectivity index is 1.35. The summed E-state index contributed by atoms with van der Waals surface area (Å²) < 4.78 is 23.8. The molecule has 2 fully saturated rings. The van der Waals surface area contributed by atoms with Crippen molar-refractivity contribution < 1.29 is 13.9 Å². The Hall–Kier alpha value is -1.73. The van der Waals surface area contributed by atoms with E-state index in [-0.39, 0.29) is 11.9 Å². The Morgan fingerprint density at radius 1 is 1.19 bits per heavy atom. The number of hydrogen-bond donors (Lipinski definition) is 0. The summed E-state index contributed by atoms with van der Waals surface area (Å²) in [6.07, 6.45) is 3.99. The van der Waals surface area contributed by atoms with Crippen LogP contribution >= 0.6 is 11.5 Å². The lowest BCUT2D eigenvalue weighted by Gasteiger charge is -2.41. The van der Waals surface area contributed by atoms with Crippen molar-refractivity contribution >= 4 is 27.7 Å². The van der Waals surface area contributed by atoms with Gasteiger partial charge in [0.2, 0.25) is 0 Å². The van der Waals surface area contributed by atoms with Crippen LogP contribution < -0.4 is 0 Å². The number of benzene rings is 1. The minimum Gasteiger partial charge on any atom is -0.453 e. The van der Waals surface area contributed by atoms with E-state index in [9.17, 15) is 9.18 Å². The number of hydrogen-bond acceptors (Lipinski definition) is 5. The molecule has 2 aliphatic rings. The molecule has 26 heavy (non-hydrogen) atoms. The number of amides is 1. The van der Waals surface area contributed by atoms with Crippen LogP contribution in [0, 0.1) is 5.82 Å². The predicted octanol–water partition coefficient (Wildman–Crippen LogP) is 3.85. The highest BCUT2D eigenvalue weighted by Crippen LogP contribution is 2.35. The number of halogens is 1. The minimum absolute atomic E-state index is 0.194. The van der Waals surface area contributed by atoms with Gasteiger partial charge in [-0.2, -0.15) is 4.37 Å². The molecule has 0 unspecified atom stereocenters. The summed E-state index contributed by atoms with van der Waals surface area (Å²) in [6, 6.07) is 5.54. The Morgan fingerprint density at radius 2 is 1.92 bits per heavy atom. The van der Waals surface area contributed by atoms with Crippen LogP contribution in [0.2, 0.25) is 0 Å². The first-order valence-corrected chi connectivity index (χ1v) is 10.0. The van der Waals surface area contributed by atoms with E-state index < -0.39 is 0 Å². The second-order valence-corrected chi connectivity index (χ2v) is 8.01. The van der Waals surface area contributed by atoms with Crippen LogP contribution in [-0.4, -0.2) is 59.6 Å². The number of rotatable bonds is 2. The Morgan fingerprint density at radius 3 is 2.62 bits per heavy atom. The van der Waals surface area contributed by atoms with Crippen molar-refractivity contribution in [1.82, 2.24) is 14.2 Å². The molecule has 0 aliphatic carbocycles. The molecule has 2 saturated heterocycles. The van der Waals surface area contributed by atoms with Gasteiger partial charge in [-0.05, 0) is 68.5 Å². The van der Waals surface area contributed by atoms with Crippen molar-refractivity contribution in [2.45, 2.75) is 37.6 Å². The van der Waals surface area contributed by atoms with Crippen molar-refractivity contribution in [2.75, 3.05) is 33.3 Å². The number of carbonyl (C=O) groups excluding carboxylic acids is 1. The maximum Gasteiger partial charge on any atom is 0.409 e. The fourth-order valence-corrected chi connectivity index (χ4v) is 5.19. The van der Waals surface area contributed by atoms with Crippen LogP contribution in [0.25, 0.3) is 10.1 Å². The predicted molar refractivity (Wildman–Crippen MR) is 100 cm³/mol. The molecule has 0 bridgehead atoms. The highest BCUT2D eigenvalue weighted by molar-refractivity contribution is 7.13. The molecule has 1 amide bonds. The molecular formula is C19H24FN3O2S. The number of methoxy groups -OCH3 is 1. The topological polar surface area (TPSA) is 45.7 Å². The summed E-state index contributed by atoms with van der Waals surface area (Å²) in [5, 5.41) is 1.11. The van der Waals surface area contributed by atoms with E-state index in [1.807, 2.05) is 6.07 Å². The Bertz CT molecular complexity index is 780. The van der Waals surface area contributed by atoms with Crippen LogP contribution in [0.15, 0.2) is 18.2 Å². The maximum absolute atomic E-state index is 13.4. The molecule has 1 aromatic heterocycles. The van der Waals surface area contributed by atoms with Gasteiger partial charge in [0.25, 0.3) is 0 Å². The van der Waals surface area contributed by atoms with Gasteiger partial charge in [-0.25, -0.2) is 9.18 Å². The molecule has 140 valence electrons. The van der Waals surface area contributed by atoms with Crippen LogP contribution in [0.1, 0.15) is 37.3 Å². The molecule has 0 N–H and O–H groups in total. The van der Waals surface area contributed by atoms with Gasteiger partial charge in [-0.15, -0.1) is 0 Å². The normalized spacial score (nSPS) is 20.6. The summed E-state index contributed by atoms with van der Waals surface area (Å²) in [5.74, 6) is 0.265. The zero-order valence-corrected chi connectivity index (χ0v) is 15.8. The third-order valence-electron chi connectivity index (χ3n) is 5.79. The summed E-state index contributed by atoms with van der Waals surface area (Å²) in [5.41, 5.74) is 1.14. The molecule has 2 aliphatic heterocycles. The van der Waals surface area contributed by atoms with Crippen LogP contribution in [-0.2, 0) is 4.74 Å². The number of nitrogens with zero attached hydrogens (tertiary/aromatic N) is 3. The van der Waals surface area contributed by atoms with E-state index >= 15 is 0 Å². The van der Waals surface area contributed by atoms with E-state index in [0.717, 1.165) is 67.6 Å². The van der Waals surface area contributed by atoms with Crippen molar-refractivity contribution in [1.29, 1.82) is 0 Å². The maximum atomic E-state index is 13.4. The zero-order chi connectivity index (χ0) is 18.1. The number of aromatic nitrogens is 1. The number of piperidine rings is 2. The van der Waals surface area contributed by atoms with E-state index in [4.69, 9.17) is 4.74 Å². The molecule has 2 aromatic rings. The minimum atomic E-state index is -0.214. The lowest BCUT2D eigenvalue weighted by Crippen LogP contribution is -2.48. The summed E-state index contributed by atoms with van der Waals surface area (Å²) >= 11 is 1.40. The highest BCUT2D eigenvalue weighted by atomic mass is 32.1. The SMILES string of the molecule is COC(=O)N1CCC(N2CCC(c3nsc4cc(F)ccc34)CC2)CC1. The average Bonchev–Trinajstić information content (AvgIpc) is 3.10. The summed E-state index contributed by atoms with van der Waals surface area (Å²) in [7, 11) is 1.44. The first-order valence-electron chi connectivity index (χ1n) is 9.27. The lowest BCUT2D eigenvalue weighted by atomic mass is 9.90. The molecule has 3 heterocycles. The monoisotopic (exact) mass is 377 g/mol. The molecular weight excluding hydrogens is 353 g/mol. The summed E-state index contributed by atoms with van der Waals surface area (Å²) in [6.45, 7) is 3.68. The molecule has 1 aromatic carbocycles. The van der Waals surface area contributed by atoms with Gasteiger partial charge in [0.1, 0.15) is 5.82 Å². The number of carbonyl (C=O) groups is 1. The molecule has 7 heteroatoms. The van der Waals surface area contributed by atoms with E-state index in [1.54, 1.807) is 11.0 Å². The first-order chi connectivity index (χ1) is 12.7. The van der Waals surface area contributed by atoms with Crippen molar-refractivity contribution in [3.05, 3.63) is 29.7 Å². The van der Waals surface area contributed by atoms with E-state index in [2.05, 4.69) is 9.27 Å². The van der Waals surface area contributed by atoms with Gasteiger partial charge in [-0.3, -0.25) is 0 Å². The molecule has 4 rings (SSSR count). The van der Waals surface area contributed by atoms with Crippen LogP contribution in [0.4, 0.5) is 9.18 Å². The number of ether oxygens (including phenoxy) is 1. The molecule has 0 radical (unpaired) electrons. The molecule has 5 nitrogen and oxygen atoms in total. The second kappa shape index (κ2) is 7.48. The zero-order valence-electron chi connectivity index (χ0n) is 15.0. The highest BCUT2D eigenvalue weighted by Gasteiger charge is 2.31. The van der Waals surface area contributed by atoms with Crippen molar-refractivity contribution in [3.8, 4) is 0 Å². The van der Waals surface area contributed by atoms with Gasteiger partial charge >= 0.3 is 6.09 Å². The molecule has 0 atom stereocenters. The summed E-state index contributed by atoms with van der Waals surface area (Å²) in [4.78, 5) is 16.0. The van der Waals surface area contributed by atoms with Gasteiger partial charge in [0.05, 0.1) is 17.5 Å². The van der Waals surface area contributed by atoms with Gasteiger partial charge < -0.3 is 14.5 Å². The smallest absolute Gasteiger partial charge is 0.409 e. The van der Waals surface area contributed by atoms with Gasteiger partial charge in [0, 0.05) is 30.4 Å². The third-order valence-corrected chi connectivity index (χ3v) is 6.61. The van der Waals surface area contributed by atoms with Gasteiger partial charge in [0.15, 0.2) is 0 Å². The second-order valence-electron chi connectivity index (χ2n) is 7.21. The van der Waals surface area contributed by atoms with E-state index in [1.165, 1.54) is 24.7 Å². The quantitative estimate of drug-likeness (QED) is 0.798. The molecule has 0 spiro atoms. The van der Waals surface area contributed by atoms with E-state index in [0.29, 0.717) is 12.0 Å². The van der Waals surface area contributed by atoms with Crippen molar-refractivity contribution in [3.63, 3.8) is 0 Å². The van der Waals surface area contributed by atoms with Crippen molar-refractivity contribution in [2.24, 2.45) is 0 Å². The standard InChI is InChI=1S/C19H24FN3O2S/c1-25-19(24)23-10-6-15(7-11-23)22-8-4-13(5-9-22)18-16-3-2-14(20)12-17(16)26-21-18/h2-3,12-13,15H,4-11H2,1H3. The fraction of sp³-hybridized carbons (Fsp3) is 0.579. The largest absolute Gasteiger partial charge is 0.453 e. The van der Waals surface area contributed by atoms with Crippen LogP contribution in [0.5, 0.6) is 0 Å². The number of fused-ring (bicyclic) bond motifs is 1. The first kappa shape index (κ1) is 17.7. The Labute approximate surface area is 156 Å². The fourth-order valence-electron chi connectivity index (χ4n) is 4.31. The lowest BCUT2D eigenvalue weighted by molar-refractivity contribution is 0.0733. The van der Waals surface area contributed by atoms with Crippen LogP contribution in [0.3, 0.4) is 0 Å².